The van der Waals surface area contributed by atoms with Gasteiger partial charge >= 0.3 is 0 Å². The van der Waals surface area contributed by atoms with Crippen molar-refractivity contribution >= 4 is 29.2 Å². The average molecular weight is 251 g/mol. The van der Waals surface area contributed by atoms with Gasteiger partial charge in [-0.3, -0.25) is 4.98 Å². The molecule has 3 nitrogen and oxygen atoms in total. The second-order valence-electron chi connectivity index (χ2n) is 3.35. The summed E-state index contributed by atoms with van der Waals surface area (Å²) in [7, 11) is 0. The molecule has 1 unspecified atom stereocenters. The summed E-state index contributed by atoms with van der Waals surface area (Å²) in [4.78, 5) is 5.98. The maximum atomic E-state index is 8.59. The van der Waals surface area contributed by atoms with Gasteiger partial charge in [-0.15, -0.1) is 12.6 Å². The van der Waals surface area contributed by atoms with Crippen LogP contribution in [0.4, 0.5) is 0 Å². The van der Waals surface area contributed by atoms with Crippen molar-refractivity contribution in [1.82, 2.24) is 9.88 Å². The summed E-state index contributed by atoms with van der Waals surface area (Å²) in [5.41, 5.74) is 1.07. The van der Waals surface area contributed by atoms with E-state index in [1.807, 2.05) is 24.0 Å². The lowest BCUT2D eigenvalue weighted by molar-refractivity contribution is 0.355. The molecule has 1 aromatic rings. The minimum atomic E-state index is 0.0899. The van der Waals surface area contributed by atoms with Crippen molar-refractivity contribution in [3.05, 3.63) is 30.1 Å². The van der Waals surface area contributed by atoms with E-state index in [2.05, 4.69) is 23.7 Å². The molecule has 1 aromatic heterocycles. The quantitative estimate of drug-likeness (QED) is 0.659. The topological polar surface area (TPSA) is 39.9 Å². The Hall–Kier alpha value is -1.12. The summed E-state index contributed by atoms with van der Waals surface area (Å²) < 4.78 is 0.506. The zero-order valence-electron chi connectivity index (χ0n) is 9.00. The lowest BCUT2D eigenvalue weighted by Crippen LogP contribution is -2.30. The monoisotopic (exact) mass is 251 g/mol. The first-order valence-electron chi connectivity index (χ1n) is 4.93. The molecule has 0 aliphatic carbocycles. The highest BCUT2D eigenvalue weighted by atomic mass is 32.1. The van der Waals surface area contributed by atoms with Crippen LogP contribution in [0.2, 0.25) is 0 Å². The lowest BCUT2D eigenvalue weighted by atomic mass is 10.1. The number of thiol groups is 1. The van der Waals surface area contributed by atoms with Crippen LogP contribution < -0.4 is 0 Å². The normalized spacial score (nSPS) is 11.6. The van der Waals surface area contributed by atoms with Crippen LogP contribution in [0.1, 0.15) is 24.9 Å². The van der Waals surface area contributed by atoms with Gasteiger partial charge in [0.2, 0.25) is 0 Å². The molecule has 0 spiro atoms. The molecular weight excluding hydrogens is 238 g/mol. The fourth-order valence-corrected chi connectivity index (χ4v) is 1.95. The molecule has 1 heterocycles. The van der Waals surface area contributed by atoms with E-state index in [9.17, 15) is 0 Å². The minimum absolute atomic E-state index is 0.0899. The predicted octanol–water partition coefficient (Wildman–Crippen LogP) is 2.57. The lowest BCUT2D eigenvalue weighted by Gasteiger charge is -2.28. The summed E-state index contributed by atoms with van der Waals surface area (Å²) in [5.74, 6) is 0. The predicted molar refractivity (Wildman–Crippen MR) is 71.2 cm³/mol. The standard InChI is InChI=1S/C11H13N3S2/c1-9(10-4-2-6-13-8-10)14(11(15)16)7-3-5-12/h2,4,6,8-9H,3,7H2,1H3,(H,15,16). The minimum Gasteiger partial charge on any atom is -0.350 e. The van der Waals surface area contributed by atoms with Crippen molar-refractivity contribution in [2.75, 3.05) is 6.54 Å². The molecule has 16 heavy (non-hydrogen) atoms. The molecule has 0 saturated carbocycles. The first-order valence-corrected chi connectivity index (χ1v) is 5.78. The Morgan fingerprint density at radius 1 is 1.75 bits per heavy atom. The van der Waals surface area contributed by atoms with Crippen molar-refractivity contribution in [3.8, 4) is 6.07 Å². The van der Waals surface area contributed by atoms with Crippen molar-refractivity contribution in [2.45, 2.75) is 19.4 Å². The van der Waals surface area contributed by atoms with Gasteiger partial charge in [-0.2, -0.15) is 5.26 Å². The second kappa shape index (κ2) is 6.46. The number of nitrogens with zero attached hydrogens (tertiary/aromatic N) is 3. The number of nitriles is 1. The van der Waals surface area contributed by atoms with Crippen molar-refractivity contribution in [3.63, 3.8) is 0 Å². The van der Waals surface area contributed by atoms with E-state index >= 15 is 0 Å². The molecule has 0 saturated heterocycles. The van der Waals surface area contributed by atoms with E-state index in [0.29, 0.717) is 17.3 Å². The molecule has 0 N–H and O–H groups in total. The molecule has 0 amide bonds. The Kier molecular flexibility index (Phi) is 5.23. The van der Waals surface area contributed by atoms with Gasteiger partial charge in [0.15, 0.2) is 0 Å². The van der Waals surface area contributed by atoms with Gasteiger partial charge in [-0.25, -0.2) is 0 Å². The third-order valence-corrected chi connectivity index (χ3v) is 2.84. The molecule has 0 aromatic carbocycles. The van der Waals surface area contributed by atoms with Gasteiger partial charge in [0.25, 0.3) is 0 Å². The molecule has 1 atom stereocenters. The van der Waals surface area contributed by atoms with Crippen molar-refractivity contribution < 1.29 is 0 Å². The SMILES string of the molecule is CC(c1cccnc1)N(CCC#N)C(=S)S. The molecule has 0 aliphatic rings. The van der Waals surface area contributed by atoms with Crippen LogP contribution >= 0.6 is 24.8 Å². The third kappa shape index (κ3) is 3.47. The summed E-state index contributed by atoms with van der Waals surface area (Å²) >= 11 is 9.25. The summed E-state index contributed by atoms with van der Waals surface area (Å²) in [6.07, 6.45) is 3.97. The number of thiocarbonyl (C=S) groups is 1. The van der Waals surface area contributed by atoms with Crippen LogP contribution in [0.15, 0.2) is 24.5 Å². The Morgan fingerprint density at radius 3 is 3.00 bits per heavy atom. The van der Waals surface area contributed by atoms with Crippen LogP contribution in [-0.4, -0.2) is 20.7 Å². The Balaban J connectivity index is 2.79. The van der Waals surface area contributed by atoms with Gasteiger partial charge in [-0.05, 0) is 18.6 Å². The smallest absolute Gasteiger partial charge is 0.133 e. The first-order chi connectivity index (χ1) is 7.66. The molecule has 0 radical (unpaired) electrons. The molecule has 0 bridgehead atoms. The van der Waals surface area contributed by atoms with Gasteiger partial charge in [0, 0.05) is 18.9 Å². The molecule has 84 valence electrons. The van der Waals surface area contributed by atoms with Crippen LogP contribution in [0.3, 0.4) is 0 Å². The van der Waals surface area contributed by atoms with E-state index < -0.39 is 0 Å². The highest BCUT2D eigenvalue weighted by Gasteiger charge is 2.16. The maximum Gasteiger partial charge on any atom is 0.133 e. The van der Waals surface area contributed by atoms with E-state index in [1.165, 1.54) is 0 Å². The zero-order valence-corrected chi connectivity index (χ0v) is 10.7. The summed E-state index contributed by atoms with van der Waals surface area (Å²) in [6.45, 7) is 2.62. The van der Waals surface area contributed by atoms with E-state index in [-0.39, 0.29) is 6.04 Å². The number of hydrogen-bond donors (Lipinski definition) is 1. The zero-order chi connectivity index (χ0) is 12.0. The number of aromatic nitrogens is 1. The number of rotatable bonds is 4. The average Bonchev–Trinajstić information content (AvgIpc) is 2.30. The third-order valence-electron chi connectivity index (χ3n) is 2.34. The van der Waals surface area contributed by atoms with Crippen LogP contribution in [0, 0.1) is 11.3 Å². The highest BCUT2D eigenvalue weighted by molar-refractivity contribution is 8.10. The fraction of sp³-hybridized carbons (Fsp3) is 0.364. The van der Waals surface area contributed by atoms with E-state index in [1.54, 1.807) is 12.4 Å². The maximum absolute atomic E-state index is 8.59. The Morgan fingerprint density at radius 2 is 2.50 bits per heavy atom. The van der Waals surface area contributed by atoms with Crippen LogP contribution in [-0.2, 0) is 0 Å². The number of hydrogen-bond acceptors (Lipinski definition) is 3. The molecular formula is C11H13N3S2. The van der Waals surface area contributed by atoms with E-state index in [4.69, 9.17) is 17.5 Å². The first kappa shape index (κ1) is 12.9. The molecule has 0 aliphatic heterocycles. The molecule has 5 heteroatoms. The second-order valence-corrected chi connectivity index (χ2v) is 4.46. The fourth-order valence-electron chi connectivity index (χ4n) is 1.43. The summed E-state index contributed by atoms with van der Waals surface area (Å²) in [6, 6.07) is 6.07. The molecule has 0 fully saturated rings. The molecule has 1 rings (SSSR count). The van der Waals surface area contributed by atoms with Gasteiger partial charge in [0.05, 0.1) is 18.5 Å². The Labute approximate surface area is 107 Å². The van der Waals surface area contributed by atoms with Gasteiger partial charge in [0.1, 0.15) is 4.32 Å². The van der Waals surface area contributed by atoms with Crippen LogP contribution in [0.25, 0.3) is 0 Å². The highest BCUT2D eigenvalue weighted by Crippen LogP contribution is 2.20. The summed E-state index contributed by atoms with van der Waals surface area (Å²) in [5, 5.41) is 8.59. The van der Waals surface area contributed by atoms with Crippen molar-refractivity contribution in [1.29, 1.82) is 5.26 Å². The Bertz CT molecular complexity index is 386. The van der Waals surface area contributed by atoms with Gasteiger partial charge in [-0.1, -0.05) is 18.3 Å². The van der Waals surface area contributed by atoms with Crippen LogP contribution in [0.5, 0.6) is 0 Å². The largest absolute Gasteiger partial charge is 0.350 e. The van der Waals surface area contributed by atoms with E-state index in [0.717, 1.165) is 5.56 Å². The van der Waals surface area contributed by atoms with Gasteiger partial charge < -0.3 is 4.90 Å². The number of pyridine rings is 1. The van der Waals surface area contributed by atoms with Crippen molar-refractivity contribution in [2.24, 2.45) is 0 Å².